The maximum Gasteiger partial charge on any atom is 0.253 e. The van der Waals surface area contributed by atoms with Crippen molar-refractivity contribution in [3.05, 3.63) is 53.6 Å². The third-order valence-electron chi connectivity index (χ3n) is 4.70. The van der Waals surface area contributed by atoms with E-state index in [1.54, 1.807) is 35.2 Å². The summed E-state index contributed by atoms with van der Waals surface area (Å²) in [5.74, 6) is -0.456. The SMILES string of the molecule is CC(=O)N[C@H]1CCN(C(=O)c2cccc(-c3ccc(O)c(C(C)=O)c3)c2)C1. The molecule has 2 aromatic carbocycles. The number of aromatic hydroxyl groups is 1. The first-order chi connectivity index (χ1) is 12.8. The summed E-state index contributed by atoms with van der Waals surface area (Å²) in [5.41, 5.74) is 2.35. The molecule has 0 radical (unpaired) electrons. The third kappa shape index (κ3) is 4.16. The van der Waals surface area contributed by atoms with Crippen LogP contribution in [0.4, 0.5) is 0 Å². The van der Waals surface area contributed by atoms with Crippen LogP contribution in [0.1, 0.15) is 41.0 Å². The molecule has 6 heteroatoms. The summed E-state index contributed by atoms with van der Waals surface area (Å²) in [6, 6.07) is 12.0. The van der Waals surface area contributed by atoms with Crippen LogP contribution in [0.2, 0.25) is 0 Å². The van der Waals surface area contributed by atoms with E-state index in [0.717, 1.165) is 17.5 Å². The first-order valence-electron chi connectivity index (χ1n) is 8.86. The van der Waals surface area contributed by atoms with E-state index in [0.29, 0.717) is 18.7 Å². The number of hydrogen-bond donors (Lipinski definition) is 2. The summed E-state index contributed by atoms with van der Waals surface area (Å²) in [6.07, 6.45) is 0.741. The van der Waals surface area contributed by atoms with Gasteiger partial charge < -0.3 is 15.3 Å². The summed E-state index contributed by atoms with van der Waals surface area (Å²) in [5, 5.41) is 12.7. The van der Waals surface area contributed by atoms with Crippen molar-refractivity contribution < 1.29 is 19.5 Å². The summed E-state index contributed by atoms with van der Waals surface area (Å²) in [6.45, 7) is 3.97. The van der Waals surface area contributed by atoms with Crippen LogP contribution in [0, 0.1) is 0 Å². The van der Waals surface area contributed by atoms with Gasteiger partial charge in [-0.2, -0.15) is 0 Å². The number of phenols is 1. The summed E-state index contributed by atoms with van der Waals surface area (Å²) in [4.78, 5) is 37.4. The Balaban J connectivity index is 1.82. The Kier molecular flexibility index (Phi) is 5.26. The van der Waals surface area contributed by atoms with Crippen LogP contribution < -0.4 is 5.32 Å². The van der Waals surface area contributed by atoms with Crippen molar-refractivity contribution in [3.8, 4) is 16.9 Å². The van der Waals surface area contributed by atoms with Crippen LogP contribution in [0.3, 0.4) is 0 Å². The van der Waals surface area contributed by atoms with Crippen LogP contribution in [-0.4, -0.2) is 46.7 Å². The van der Waals surface area contributed by atoms with E-state index in [9.17, 15) is 19.5 Å². The molecule has 140 valence electrons. The third-order valence-corrected chi connectivity index (χ3v) is 4.70. The molecule has 2 aromatic rings. The summed E-state index contributed by atoms with van der Waals surface area (Å²) >= 11 is 0. The van der Waals surface area contributed by atoms with Crippen molar-refractivity contribution in [3.63, 3.8) is 0 Å². The molecule has 1 aliphatic heterocycles. The van der Waals surface area contributed by atoms with Gasteiger partial charge in [0.05, 0.1) is 5.56 Å². The van der Waals surface area contributed by atoms with E-state index >= 15 is 0 Å². The number of ketones is 1. The molecule has 0 saturated carbocycles. The van der Waals surface area contributed by atoms with E-state index in [4.69, 9.17) is 0 Å². The highest BCUT2D eigenvalue weighted by Gasteiger charge is 2.27. The van der Waals surface area contributed by atoms with Gasteiger partial charge in [0.15, 0.2) is 5.78 Å². The average Bonchev–Trinajstić information content (AvgIpc) is 3.09. The molecule has 1 saturated heterocycles. The number of rotatable bonds is 4. The second-order valence-electron chi connectivity index (χ2n) is 6.81. The fourth-order valence-electron chi connectivity index (χ4n) is 3.36. The number of nitrogens with one attached hydrogen (secondary N) is 1. The van der Waals surface area contributed by atoms with Gasteiger partial charge >= 0.3 is 0 Å². The van der Waals surface area contributed by atoms with Gasteiger partial charge in [0, 0.05) is 31.6 Å². The molecule has 3 rings (SSSR count). The van der Waals surface area contributed by atoms with E-state index < -0.39 is 0 Å². The van der Waals surface area contributed by atoms with Gasteiger partial charge in [-0.25, -0.2) is 0 Å². The van der Waals surface area contributed by atoms with Crippen LogP contribution in [0.15, 0.2) is 42.5 Å². The van der Waals surface area contributed by atoms with Crippen molar-refractivity contribution in [1.82, 2.24) is 10.2 Å². The Morgan fingerprint density at radius 1 is 1.07 bits per heavy atom. The number of benzene rings is 2. The van der Waals surface area contributed by atoms with E-state index in [2.05, 4.69) is 5.32 Å². The molecule has 1 aliphatic rings. The number of carbonyl (C=O) groups is 3. The molecular weight excluding hydrogens is 344 g/mol. The number of phenolic OH excluding ortho intramolecular Hbond substituents is 1. The number of Topliss-reactive ketones (excluding diaryl/α,β-unsaturated/α-hetero) is 1. The van der Waals surface area contributed by atoms with Crippen molar-refractivity contribution in [1.29, 1.82) is 0 Å². The molecule has 2 N–H and O–H groups in total. The molecule has 0 bridgehead atoms. The number of hydrogen-bond acceptors (Lipinski definition) is 4. The summed E-state index contributed by atoms with van der Waals surface area (Å²) < 4.78 is 0. The van der Waals surface area contributed by atoms with Gasteiger partial charge in [0.25, 0.3) is 5.91 Å². The Morgan fingerprint density at radius 3 is 2.52 bits per heavy atom. The minimum atomic E-state index is -0.220. The smallest absolute Gasteiger partial charge is 0.253 e. The zero-order chi connectivity index (χ0) is 19.6. The normalized spacial score (nSPS) is 16.2. The second kappa shape index (κ2) is 7.61. The van der Waals surface area contributed by atoms with E-state index in [1.165, 1.54) is 19.9 Å². The minimum absolute atomic E-state index is 0.00939. The molecule has 27 heavy (non-hydrogen) atoms. The largest absolute Gasteiger partial charge is 0.507 e. The molecule has 1 fully saturated rings. The standard InChI is InChI=1S/C21H22N2O4/c1-13(24)19-11-16(6-7-20(19)26)15-4-3-5-17(10-15)21(27)23-9-8-18(12-23)22-14(2)25/h3-7,10-11,18,26H,8-9,12H2,1-2H3,(H,22,25)/t18-/m0/s1. The fourth-order valence-corrected chi connectivity index (χ4v) is 3.36. The Morgan fingerprint density at radius 2 is 1.81 bits per heavy atom. The Labute approximate surface area is 157 Å². The van der Waals surface area contributed by atoms with E-state index in [-0.39, 0.29) is 35.0 Å². The first-order valence-corrected chi connectivity index (χ1v) is 8.86. The van der Waals surface area contributed by atoms with E-state index in [1.807, 2.05) is 6.07 Å². The molecule has 1 atom stereocenters. The predicted octanol–water partition coefficient (Wildman–Crippen LogP) is 2.61. The highest BCUT2D eigenvalue weighted by molar-refractivity contribution is 5.99. The minimum Gasteiger partial charge on any atom is -0.507 e. The van der Waals surface area contributed by atoms with Crippen molar-refractivity contribution >= 4 is 17.6 Å². The lowest BCUT2D eigenvalue weighted by atomic mass is 9.99. The molecule has 6 nitrogen and oxygen atoms in total. The molecule has 1 heterocycles. The maximum atomic E-state index is 12.8. The second-order valence-corrected chi connectivity index (χ2v) is 6.81. The molecule has 0 spiro atoms. The van der Waals surface area contributed by atoms with Crippen LogP contribution in [0.5, 0.6) is 5.75 Å². The molecule has 0 unspecified atom stereocenters. The van der Waals surface area contributed by atoms with Gasteiger partial charge in [0.2, 0.25) is 5.91 Å². The zero-order valence-corrected chi connectivity index (χ0v) is 15.4. The highest BCUT2D eigenvalue weighted by Crippen LogP contribution is 2.27. The quantitative estimate of drug-likeness (QED) is 0.815. The lowest BCUT2D eigenvalue weighted by molar-refractivity contribution is -0.119. The van der Waals surface area contributed by atoms with Gasteiger partial charge in [-0.15, -0.1) is 0 Å². The number of likely N-dealkylation sites (tertiary alicyclic amines) is 1. The predicted molar refractivity (Wildman–Crippen MR) is 102 cm³/mol. The average molecular weight is 366 g/mol. The number of amides is 2. The Hall–Kier alpha value is -3.15. The summed E-state index contributed by atoms with van der Waals surface area (Å²) in [7, 11) is 0. The van der Waals surface area contributed by atoms with Crippen LogP contribution >= 0.6 is 0 Å². The Bertz CT molecular complexity index is 907. The van der Waals surface area contributed by atoms with Gasteiger partial charge in [-0.05, 0) is 48.7 Å². The lowest BCUT2D eigenvalue weighted by Crippen LogP contribution is -2.37. The van der Waals surface area contributed by atoms with Crippen molar-refractivity contribution in [2.75, 3.05) is 13.1 Å². The fraction of sp³-hybridized carbons (Fsp3) is 0.286. The maximum absolute atomic E-state index is 12.8. The zero-order valence-electron chi connectivity index (χ0n) is 15.4. The highest BCUT2D eigenvalue weighted by atomic mass is 16.3. The van der Waals surface area contributed by atoms with Gasteiger partial charge in [-0.3, -0.25) is 14.4 Å². The molecular formula is C21H22N2O4. The molecule has 0 aromatic heterocycles. The van der Waals surface area contributed by atoms with Crippen molar-refractivity contribution in [2.24, 2.45) is 0 Å². The van der Waals surface area contributed by atoms with Crippen LogP contribution in [0.25, 0.3) is 11.1 Å². The molecule has 0 aliphatic carbocycles. The number of nitrogens with zero attached hydrogens (tertiary/aromatic N) is 1. The van der Waals surface area contributed by atoms with Crippen molar-refractivity contribution in [2.45, 2.75) is 26.3 Å². The number of carbonyl (C=O) groups excluding carboxylic acids is 3. The topological polar surface area (TPSA) is 86.7 Å². The van der Waals surface area contributed by atoms with Crippen LogP contribution in [-0.2, 0) is 4.79 Å². The first kappa shape index (κ1) is 18.6. The van der Waals surface area contributed by atoms with Gasteiger partial charge in [-0.1, -0.05) is 18.2 Å². The monoisotopic (exact) mass is 366 g/mol. The van der Waals surface area contributed by atoms with Gasteiger partial charge in [0.1, 0.15) is 5.75 Å². The molecule has 2 amide bonds. The lowest BCUT2D eigenvalue weighted by Gasteiger charge is -2.17.